The molecule has 1 aliphatic carbocycles. The summed E-state index contributed by atoms with van der Waals surface area (Å²) in [4.78, 5) is 13.2. The molecule has 3 unspecified atom stereocenters. The van der Waals surface area contributed by atoms with Crippen molar-refractivity contribution < 1.29 is 9.53 Å². The molecule has 0 aromatic carbocycles. The van der Waals surface area contributed by atoms with Gasteiger partial charge in [0.15, 0.2) is 0 Å². The number of likely N-dealkylation sites (tertiary alicyclic amines) is 1. The molecule has 0 aromatic rings. The Kier molecular flexibility index (Phi) is 6.09. The molecule has 1 aliphatic heterocycles. The highest BCUT2D eigenvalue weighted by molar-refractivity contribution is 7.39. The zero-order valence-corrected chi connectivity index (χ0v) is 13.3. The molecule has 0 radical (unpaired) electrons. The lowest BCUT2D eigenvalue weighted by Gasteiger charge is -2.31. The molecule has 2 aliphatic rings. The minimum Gasteiger partial charge on any atom is -0.381 e. The van der Waals surface area contributed by atoms with Crippen molar-refractivity contribution >= 4 is 14.9 Å². The van der Waals surface area contributed by atoms with E-state index in [1.807, 2.05) is 4.90 Å². The normalized spacial score (nSPS) is 27.6. The maximum atomic E-state index is 11.2. The van der Waals surface area contributed by atoms with Crippen LogP contribution in [0.4, 0.5) is 4.79 Å². The zero-order chi connectivity index (χ0) is 13.7. The van der Waals surface area contributed by atoms with E-state index < -0.39 is 0 Å². The second-order valence-corrected chi connectivity index (χ2v) is 6.68. The first-order valence-corrected chi connectivity index (χ1v) is 8.40. The Morgan fingerprint density at radius 1 is 1.32 bits per heavy atom. The van der Waals surface area contributed by atoms with Crippen LogP contribution >= 0.6 is 9.24 Å². The molecule has 1 saturated carbocycles. The van der Waals surface area contributed by atoms with Crippen molar-refractivity contribution in [1.82, 2.24) is 4.90 Å². The summed E-state index contributed by atoms with van der Waals surface area (Å²) in [7, 11) is 2.29. The highest BCUT2D eigenvalue weighted by Crippen LogP contribution is 2.45. The van der Waals surface area contributed by atoms with Gasteiger partial charge in [0.2, 0.25) is 5.65 Å². The molecule has 19 heavy (non-hydrogen) atoms. The van der Waals surface area contributed by atoms with E-state index in [9.17, 15) is 4.79 Å². The van der Waals surface area contributed by atoms with Crippen molar-refractivity contribution in [2.75, 3.05) is 26.3 Å². The molecular weight excluding hydrogens is 257 g/mol. The second-order valence-electron chi connectivity index (χ2n) is 6.19. The number of hydrogen-bond donors (Lipinski definition) is 0. The summed E-state index contributed by atoms with van der Waals surface area (Å²) < 4.78 is 5.71. The minimum atomic E-state index is 0.159. The third kappa shape index (κ3) is 5.04. The number of rotatable bonds is 7. The molecule has 2 rings (SSSR count). The molecule has 2 fully saturated rings. The van der Waals surface area contributed by atoms with E-state index in [1.165, 1.54) is 38.5 Å². The van der Waals surface area contributed by atoms with Gasteiger partial charge in [-0.25, -0.2) is 0 Å². The van der Waals surface area contributed by atoms with Gasteiger partial charge in [-0.3, -0.25) is 4.79 Å². The number of amides is 1. The van der Waals surface area contributed by atoms with Crippen molar-refractivity contribution in [3.63, 3.8) is 0 Å². The highest BCUT2D eigenvalue weighted by Gasteiger charge is 2.38. The molecule has 0 aromatic heterocycles. The van der Waals surface area contributed by atoms with E-state index in [2.05, 4.69) is 16.2 Å². The maximum Gasteiger partial charge on any atom is 0.237 e. The number of hydrogen-bond acceptors (Lipinski definition) is 2. The molecule has 0 spiro atoms. The Hall–Kier alpha value is -0.140. The van der Waals surface area contributed by atoms with E-state index in [-0.39, 0.29) is 5.65 Å². The third-order valence-electron chi connectivity index (χ3n) is 4.61. The van der Waals surface area contributed by atoms with Crippen molar-refractivity contribution in [3.8, 4) is 0 Å². The Balaban J connectivity index is 1.54. The van der Waals surface area contributed by atoms with Gasteiger partial charge in [0, 0.05) is 26.3 Å². The molecule has 1 amide bonds. The van der Waals surface area contributed by atoms with Crippen LogP contribution in [0.25, 0.3) is 0 Å². The highest BCUT2D eigenvalue weighted by atomic mass is 31.0. The first-order valence-electron chi connectivity index (χ1n) is 7.82. The van der Waals surface area contributed by atoms with Crippen LogP contribution in [0.5, 0.6) is 0 Å². The van der Waals surface area contributed by atoms with Gasteiger partial charge < -0.3 is 9.64 Å². The van der Waals surface area contributed by atoms with E-state index in [4.69, 9.17) is 4.74 Å². The first kappa shape index (κ1) is 15.3. The van der Waals surface area contributed by atoms with Gasteiger partial charge in [-0.15, -0.1) is 0 Å². The number of carbonyl (C=O) groups is 1. The Bertz CT molecular complexity index is 290. The topological polar surface area (TPSA) is 29.5 Å². The largest absolute Gasteiger partial charge is 0.381 e. The van der Waals surface area contributed by atoms with Gasteiger partial charge in [0.1, 0.15) is 0 Å². The van der Waals surface area contributed by atoms with Crippen molar-refractivity contribution in [3.05, 3.63) is 0 Å². The van der Waals surface area contributed by atoms with Crippen LogP contribution in [0, 0.1) is 17.8 Å². The Morgan fingerprint density at radius 2 is 2.05 bits per heavy atom. The van der Waals surface area contributed by atoms with Crippen LogP contribution < -0.4 is 0 Å². The minimum absolute atomic E-state index is 0.159. The average molecular weight is 285 g/mol. The van der Waals surface area contributed by atoms with E-state index in [0.29, 0.717) is 0 Å². The molecule has 1 saturated heterocycles. The number of nitrogens with zero attached hydrogens (tertiary/aromatic N) is 1. The third-order valence-corrected chi connectivity index (χ3v) is 4.97. The van der Waals surface area contributed by atoms with Crippen molar-refractivity contribution in [2.24, 2.45) is 17.8 Å². The molecule has 3 nitrogen and oxygen atoms in total. The molecular formula is C15H28NO2P. The Labute approximate surface area is 119 Å². The van der Waals surface area contributed by atoms with E-state index >= 15 is 0 Å². The molecule has 1 heterocycles. The maximum absolute atomic E-state index is 11.2. The quantitative estimate of drug-likeness (QED) is 0.529. The van der Waals surface area contributed by atoms with Crippen LogP contribution in [0.15, 0.2) is 0 Å². The van der Waals surface area contributed by atoms with Crippen LogP contribution in [-0.2, 0) is 4.74 Å². The summed E-state index contributed by atoms with van der Waals surface area (Å²) in [6, 6.07) is 0. The van der Waals surface area contributed by atoms with Gasteiger partial charge in [-0.05, 0) is 59.1 Å². The van der Waals surface area contributed by atoms with Gasteiger partial charge in [-0.2, -0.15) is 0 Å². The summed E-state index contributed by atoms with van der Waals surface area (Å²) in [6.07, 6.45) is 7.54. The molecule has 110 valence electrons. The summed E-state index contributed by atoms with van der Waals surface area (Å²) in [5, 5.41) is 0. The summed E-state index contributed by atoms with van der Waals surface area (Å²) in [5.74, 6) is 2.58. The van der Waals surface area contributed by atoms with Crippen molar-refractivity contribution in [1.29, 1.82) is 0 Å². The lowest BCUT2D eigenvalue weighted by Crippen LogP contribution is -2.35. The lowest BCUT2D eigenvalue weighted by atomic mass is 9.91. The zero-order valence-electron chi connectivity index (χ0n) is 12.1. The molecule has 0 N–H and O–H groups in total. The van der Waals surface area contributed by atoms with Crippen molar-refractivity contribution in [2.45, 2.75) is 45.4 Å². The fourth-order valence-electron chi connectivity index (χ4n) is 3.10. The van der Waals surface area contributed by atoms with Gasteiger partial charge >= 0.3 is 0 Å². The predicted molar refractivity (Wildman–Crippen MR) is 81.3 cm³/mol. The fourth-order valence-corrected chi connectivity index (χ4v) is 3.36. The summed E-state index contributed by atoms with van der Waals surface area (Å²) >= 11 is 0. The second kappa shape index (κ2) is 7.59. The number of piperidine rings is 1. The van der Waals surface area contributed by atoms with E-state index in [1.54, 1.807) is 0 Å². The van der Waals surface area contributed by atoms with Crippen LogP contribution in [-0.4, -0.2) is 36.9 Å². The lowest BCUT2D eigenvalue weighted by molar-refractivity contribution is 0.116. The Morgan fingerprint density at radius 3 is 2.68 bits per heavy atom. The number of carbonyl (C=O) groups excluding carboxylic acids is 1. The van der Waals surface area contributed by atoms with Crippen LogP contribution in [0.3, 0.4) is 0 Å². The predicted octanol–water partition coefficient (Wildman–Crippen LogP) is 3.54. The molecule has 3 atom stereocenters. The average Bonchev–Trinajstić information content (AvgIpc) is 3.13. The monoisotopic (exact) mass is 285 g/mol. The van der Waals surface area contributed by atoms with Gasteiger partial charge in [-0.1, -0.05) is 13.3 Å². The van der Waals surface area contributed by atoms with Gasteiger partial charge in [0.25, 0.3) is 0 Å². The van der Waals surface area contributed by atoms with E-state index in [0.717, 1.165) is 44.1 Å². The number of ether oxygens (including phenoxy) is 1. The fraction of sp³-hybridized carbons (Fsp3) is 0.933. The van der Waals surface area contributed by atoms with Crippen LogP contribution in [0.1, 0.15) is 45.4 Å². The van der Waals surface area contributed by atoms with Gasteiger partial charge in [0.05, 0.1) is 0 Å². The number of unbranched alkanes of at least 4 members (excludes halogenated alkanes) is 1. The molecule has 4 heteroatoms. The van der Waals surface area contributed by atoms with Crippen LogP contribution in [0.2, 0.25) is 0 Å². The summed E-state index contributed by atoms with van der Waals surface area (Å²) in [6.45, 7) is 6.03. The smallest absolute Gasteiger partial charge is 0.237 e. The first-order chi connectivity index (χ1) is 9.20. The standard InChI is InChI=1S/C15H28NO2P/c1-2-3-8-18-11-14-10-13(14)9-12-4-6-16(7-5-12)15(17)19/h12-14H,2-11,19H2,1H3. The SMILES string of the molecule is CCCCOCC1CC1CC1CCN(C(=O)P)CC1. The molecule has 0 bridgehead atoms. The summed E-state index contributed by atoms with van der Waals surface area (Å²) in [5.41, 5.74) is 0.159.